The molecule has 16 heteroatoms. The number of carbonyl (C=O) groups is 4. The number of hydrogen-bond acceptors (Lipinski definition) is 12. The van der Waals surface area contributed by atoms with Gasteiger partial charge in [-0.2, -0.15) is 0 Å². The summed E-state index contributed by atoms with van der Waals surface area (Å²) in [5.74, 6) is -4.88. The highest BCUT2D eigenvalue weighted by Crippen LogP contribution is 2.33. The highest BCUT2D eigenvalue weighted by atomic mass is 16.9. The van der Waals surface area contributed by atoms with E-state index in [1.165, 1.54) is 14.0 Å². The lowest BCUT2D eigenvalue weighted by molar-refractivity contribution is -0.321. The van der Waals surface area contributed by atoms with E-state index in [9.17, 15) is 29.4 Å². The van der Waals surface area contributed by atoms with E-state index in [4.69, 9.17) is 28.4 Å². The number of amides is 3. The van der Waals surface area contributed by atoms with Crippen molar-refractivity contribution in [2.45, 2.75) is 141 Å². The van der Waals surface area contributed by atoms with Crippen LogP contribution >= 0.6 is 0 Å². The van der Waals surface area contributed by atoms with Gasteiger partial charge in [0.2, 0.25) is 17.6 Å². The normalized spacial score (nSPS) is 25.0. The molecule has 5 N–H and O–H groups in total. The number of carboxylic acids is 1. The van der Waals surface area contributed by atoms with Gasteiger partial charge in [0.25, 0.3) is 5.97 Å². The number of methoxy groups -OCH3 is 1. The van der Waals surface area contributed by atoms with Crippen molar-refractivity contribution in [3.8, 4) is 0 Å². The maximum atomic E-state index is 12.7. The molecule has 47 heavy (non-hydrogen) atoms. The molecular formula is C31H52N4O12. The first-order valence-electron chi connectivity index (χ1n) is 15.8. The quantitative estimate of drug-likeness (QED) is 0.115. The number of aliphatic hydroxyl groups is 1. The minimum Gasteiger partial charge on any atom is -0.478 e. The summed E-state index contributed by atoms with van der Waals surface area (Å²) in [5.41, 5.74) is -1.82. The van der Waals surface area contributed by atoms with Gasteiger partial charge < -0.3 is 44.0 Å². The molecule has 2 rings (SSSR count). The highest BCUT2D eigenvalue weighted by molar-refractivity contribution is 6.01. The Labute approximate surface area is 275 Å². The number of ether oxygens (including phenoxy) is 6. The molecule has 16 nitrogen and oxygen atoms in total. The fourth-order valence-electron chi connectivity index (χ4n) is 4.93. The Morgan fingerprint density at radius 1 is 1.02 bits per heavy atom. The first-order chi connectivity index (χ1) is 21.8. The SMILES string of the molecule is CCCCCCC[C@@]1(O)OC[C@H]([C@@H](OC)[C@@H]2OC(C(=O)O)=C[C@H](N=C(NC(=O)OC(C)(C)C)NC(=O)OC(C)(C)C)[C@H]2NC(C)=O)O1. The Morgan fingerprint density at radius 3 is 2.09 bits per heavy atom. The van der Waals surface area contributed by atoms with Crippen molar-refractivity contribution in [2.24, 2.45) is 4.99 Å². The van der Waals surface area contributed by atoms with E-state index in [-0.39, 0.29) is 13.0 Å². The number of carbonyl (C=O) groups excluding carboxylic acids is 3. The van der Waals surface area contributed by atoms with Gasteiger partial charge in [-0.25, -0.2) is 19.4 Å². The van der Waals surface area contributed by atoms with Gasteiger partial charge in [0.1, 0.15) is 23.4 Å². The van der Waals surface area contributed by atoms with Crippen molar-refractivity contribution in [3.63, 3.8) is 0 Å². The largest absolute Gasteiger partial charge is 0.478 e. The molecule has 2 aliphatic rings. The molecule has 2 heterocycles. The molecule has 1 saturated heterocycles. The van der Waals surface area contributed by atoms with Crippen LogP contribution in [-0.2, 0) is 38.0 Å². The first-order valence-corrected chi connectivity index (χ1v) is 15.8. The number of guanidine groups is 1. The molecule has 0 radical (unpaired) electrons. The van der Waals surface area contributed by atoms with Crippen LogP contribution in [0.15, 0.2) is 16.8 Å². The number of alkyl carbamates (subject to hydrolysis) is 2. The van der Waals surface area contributed by atoms with Gasteiger partial charge in [0.05, 0.1) is 18.7 Å². The fourth-order valence-corrected chi connectivity index (χ4v) is 4.93. The van der Waals surface area contributed by atoms with E-state index < -0.39 is 83.4 Å². The zero-order chi connectivity index (χ0) is 35.6. The molecule has 0 aromatic heterocycles. The predicted molar refractivity (Wildman–Crippen MR) is 168 cm³/mol. The number of rotatable bonds is 12. The van der Waals surface area contributed by atoms with Crippen LogP contribution < -0.4 is 16.0 Å². The summed E-state index contributed by atoms with van der Waals surface area (Å²) >= 11 is 0. The summed E-state index contributed by atoms with van der Waals surface area (Å²) in [6.45, 7) is 13.0. The molecule has 3 amide bonds. The van der Waals surface area contributed by atoms with E-state index >= 15 is 0 Å². The van der Waals surface area contributed by atoms with Gasteiger partial charge in [-0.15, -0.1) is 0 Å². The lowest BCUT2D eigenvalue weighted by atomic mass is 9.92. The monoisotopic (exact) mass is 672 g/mol. The van der Waals surface area contributed by atoms with Crippen molar-refractivity contribution < 1.29 is 57.8 Å². The second-order valence-electron chi connectivity index (χ2n) is 13.4. The molecular weight excluding hydrogens is 620 g/mol. The van der Waals surface area contributed by atoms with Crippen molar-refractivity contribution in [3.05, 3.63) is 11.8 Å². The van der Waals surface area contributed by atoms with Crippen LogP contribution in [0.5, 0.6) is 0 Å². The Bertz CT molecular complexity index is 1130. The number of aliphatic carboxylic acids is 1. The molecule has 0 saturated carbocycles. The van der Waals surface area contributed by atoms with Crippen LogP contribution in [0.3, 0.4) is 0 Å². The van der Waals surface area contributed by atoms with Crippen LogP contribution in [-0.4, -0.2) is 102 Å². The van der Waals surface area contributed by atoms with Crippen molar-refractivity contribution >= 4 is 30.0 Å². The molecule has 0 aliphatic carbocycles. The van der Waals surface area contributed by atoms with E-state index in [1.54, 1.807) is 41.5 Å². The third kappa shape index (κ3) is 13.7. The zero-order valence-electron chi connectivity index (χ0n) is 28.8. The summed E-state index contributed by atoms with van der Waals surface area (Å²) in [4.78, 5) is 54.5. The maximum Gasteiger partial charge on any atom is 0.414 e. The van der Waals surface area contributed by atoms with Crippen molar-refractivity contribution in [2.75, 3.05) is 13.7 Å². The second kappa shape index (κ2) is 17.1. The molecule has 6 atom stereocenters. The van der Waals surface area contributed by atoms with Gasteiger partial charge in [0.15, 0.2) is 6.10 Å². The van der Waals surface area contributed by atoms with Gasteiger partial charge in [0, 0.05) is 20.5 Å². The number of hydrogen-bond donors (Lipinski definition) is 5. The Balaban J connectivity index is 2.48. The average Bonchev–Trinajstić information content (AvgIpc) is 3.29. The van der Waals surface area contributed by atoms with Gasteiger partial charge in [-0.05, 0) is 54.0 Å². The topological polar surface area (TPSA) is 213 Å². The summed E-state index contributed by atoms with van der Waals surface area (Å²) in [7, 11) is 1.33. The van der Waals surface area contributed by atoms with Crippen LogP contribution in [0.4, 0.5) is 9.59 Å². The minimum absolute atomic E-state index is 0.123. The maximum absolute atomic E-state index is 12.7. The molecule has 1 fully saturated rings. The van der Waals surface area contributed by atoms with Crippen LogP contribution in [0.2, 0.25) is 0 Å². The molecule has 0 aromatic carbocycles. The van der Waals surface area contributed by atoms with Crippen LogP contribution in [0.1, 0.15) is 93.9 Å². The third-order valence-electron chi connectivity index (χ3n) is 6.77. The van der Waals surface area contributed by atoms with Crippen molar-refractivity contribution in [1.82, 2.24) is 16.0 Å². The molecule has 0 aromatic rings. The van der Waals surface area contributed by atoms with Crippen molar-refractivity contribution in [1.29, 1.82) is 0 Å². The molecule has 2 aliphatic heterocycles. The van der Waals surface area contributed by atoms with Crippen LogP contribution in [0.25, 0.3) is 0 Å². The predicted octanol–water partition coefficient (Wildman–Crippen LogP) is 3.07. The van der Waals surface area contributed by atoms with Gasteiger partial charge in [-0.1, -0.05) is 32.6 Å². The highest BCUT2D eigenvalue weighted by Gasteiger charge is 2.50. The number of unbranched alkanes of at least 4 members (excludes halogenated alkanes) is 4. The lowest BCUT2D eigenvalue weighted by Gasteiger charge is -2.40. The van der Waals surface area contributed by atoms with Crippen LogP contribution in [0, 0.1) is 0 Å². The van der Waals surface area contributed by atoms with E-state index in [0.29, 0.717) is 6.42 Å². The smallest absolute Gasteiger partial charge is 0.414 e. The standard InChI is InChI=1S/C31H52N4O12/c1-10-11-12-13-14-15-31(41)43-17-21(45-31)23(42-9)24-22(32-18(2)36)19(16-20(44-24)25(37)38)33-26(34-27(39)46-29(3,4)5)35-28(40)47-30(6,7)8/h16,19,21-24,41H,10-15,17H2,1-9H3,(H,32,36)(H,37,38)(H2,33,34,35,39,40)/t19-,21+,22+,23+,24+,31+/m0/s1. The summed E-state index contributed by atoms with van der Waals surface area (Å²) in [6, 6.07) is -2.40. The summed E-state index contributed by atoms with van der Waals surface area (Å²) in [5, 5.41) is 28.3. The molecule has 0 spiro atoms. The van der Waals surface area contributed by atoms with E-state index in [2.05, 4.69) is 27.9 Å². The van der Waals surface area contributed by atoms with Gasteiger partial charge in [-0.3, -0.25) is 15.4 Å². The van der Waals surface area contributed by atoms with E-state index in [0.717, 1.165) is 31.8 Å². The molecule has 268 valence electrons. The summed E-state index contributed by atoms with van der Waals surface area (Å²) < 4.78 is 33.7. The molecule has 0 unspecified atom stereocenters. The Hall–Kier alpha value is -3.47. The number of aliphatic imine (C=N–C) groups is 1. The van der Waals surface area contributed by atoms with E-state index in [1.807, 2.05) is 0 Å². The second-order valence-corrected chi connectivity index (χ2v) is 13.4. The molecule has 0 bridgehead atoms. The first kappa shape index (κ1) is 39.7. The minimum atomic E-state index is -1.89. The third-order valence-corrected chi connectivity index (χ3v) is 6.77. The number of nitrogens with one attached hydrogen (secondary N) is 3. The Kier molecular flexibility index (Phi) is 14.4. The average molecular weight is 673 g/mol. The number of nitrogens with zero attached hydrogens (tertiary/aromatic N) is 1. The van der Waals surface area contributed by atoms with Gasteiger partial charge >= 0.3 is 18.2 Å². The number of carboxylic acid groups (broad SMARTS) is 1. The lowest BCUT2D eigenvalue weighted by Crippen LogP contribution is -2.60. The zero-order valence-corrected chi connectivity index (χ0v) is 28.8. The Morgan fingerprint density at radius 2 is 1.60 bits per heavy atom. The fraction of sp³-hybridized carbons (Fsp3) is 0.774. The summed E-state index contributed by atoms with van der Waals surface area (Å²) in [6.07, 6.45) is 0.723.